The van der Waals surface area contributed by atoms with E-state index in [2.05, 4.69) is 14.1 Å². The fourth-order valence-corrected chi connectivity index (χ4v) is 3.56. The molecule has 3 aromatic heterocycles. The minimum atomic E-state index is 0.0404. The second kappa shape index (κ2) is 4.32. The van der Waals surface area contributed by atoms with Crippen LogP contribution in [0.1, 0.15) is 0 Å². The Labute approximate surface area is 133 Å². The van der Waals surface area contributed by atoms with Crippen molar-refractivity contribution in [2.45, 2.75) is 0 Å². The maximum atomic E-state index is 6.11. The van der Waals surface area contributed by atoms with Crippen LogP contribution in [0.5, 0.6) is 23.1 Å². The molecule has 110 valence electrons. The molecular weight excluding hydrogens is 289 g/mol. The van der Waals surface area contributed by atoms with Crippen LogP contribution < -0.4 is 35.3 Å². The molecule has 23 heavy (non-hydrogen) atoms. The molecule has 2 aliphatic heterocycles. The molecule has 0 radical (unpaired) electrons. The Morgan fingerprint density at radius 1 is 0.870 bits per heavy atom. The Hall–Kier alpha value is -2.89. The predicted molar refractivity (Wildman–Crippen MR) is 84.3 cm³/mol. The van der Waals surface area contributed by atoms with Gasteiger partial charge in [0.05, 0.1) is 5.46 Å². The van der Waals surface area contributed by atoms with Crippen LogP contribution in [0, 0.1) is 0 Å². The highest BCUT2D eigenvalue weighted by molar-refractivity contribution is 6.96. The van der Waals surface area contributed by atoms with Crippen LogP contribution in [0.4, 0.5) is 0 Å². The van der Waals surface area contributed by atoms with Gasteiger partial charge in [-0.25, -0.2) is 14.1 Å². The van der Waals surface area contributed by atoms with Gasteiger partial charge in [-0.05, 0) is 18.2 Å². The third-order valence-electron chi connectivity index (χ3n) is 4.56. The molecule has 0 fully saturated rings. The molecule has 0 unspecified atom stereocenters. The van der Waals surface area contributed by atoms with E-state index < -0.39 is 0 Å². The molecule has 0 saturated heterocycles. The molecule has 0 spiro atoms. The SMILES string of the molecule is C[n+]1cccc2c1B1c3c(ccnc3Oc3ccc[n+](C)c31)O2. The van der Waals surface area contributed by atoms with Gasteiger partial charge in [0.25, 0.3) is 0 Å². The van der Waals surface area contributed by atoms with Gasteiger partial charge < -0.3 is 9.47 Å². The topological polar surface area (TPSA) is 39.1 Å². The summed E-state index contributed by atoms with van der Waals surface area (Å²) in [7, 11) is 4.09. The highest BCUT2D eigenvalue weighted by Gasteiger charge is 2.51. The molecule has 5 rings (SSSR count). The normalized spacial score (nSPS) is 13.4. The third kappa shape index (κ3) is 1.60. The number of pyridine rings is 3. The Morgan fingerprint density at radius 3 is 2.22 bits per heavy atom. The van der Waals surface area contributed by atoms with E-state index in [1.54, 1.807) is 6.20 Å². The summed E-state index contributed by atoms with van der Waals surface area (Å²) in [4.78, 5) is 4.42. The molecule has 6 heteroatoms. The largest absolute Gasteiger partial charge is 0.452 e. The highest BCUT2D eigenvalue weighted by Crippen LogP contribution is 2.30. The Morgan fingerprint density at radius 2 is 1.52 bits per heavy atom. The summed E-state index contributed by atoms with van der Waals surface area (Å²) in [6, 6.07) is 9.89. The van der Waals surface area contributed by atoms with Crippen LogP contribution in [0.25, 0.3) is 0 Å². The summed E-state index contributed by atoms with van der Waals surface area (Å²) in [6.45, 7) is 0.0404. The Bertz CT molecular complexity index is 868. The first-order chi connectivity index (χ1) is 11.2. The van der Waals surface area contributed by atoms with Gasteiger partial charge in [-0.1, -0.05) is 0 Å². The second-order valence-electron chi connectivity index (χ2n) is 5.90. The Kier molecular flexibility index (Phi) is 2.37. The van der Waals surface area contributed by atoms with Crippen LogP contribution in [0.15, 0.2) is 48.9 Å². The zero-order valence-electron chi connectivity index (χ0n) is 12.9. The molecule has 0 N–H and O–H groups in total. The number of rotatable bonds is 0. The summed E-state index contributed by atoms with van der Waals surface area (Å²) in [5, 5.41) is 0. The van der Waals surface area contributed by atoms with Crippen LogP contribution in [-0.4, -0.2) is 11.7 Å². The molecule has 0 saturated carbocycles. The van der Waals surface area contributed by atoms with E-state index in [1.165, 1.54) is 0 Å². The van der Waals surface area contributed by atoms with Gasteiger partial charge in [0.1, 0.15) is 19.8 Å². The average Bonchev–Trinajstić information content (AvgIpc) is 2.55. The lowest BCUT2D eigenvalue weighted by molar-refractivity contribution is -0.659. The lowest BCUT2D eigenvalue weighted by Crippen LogP contribution is -2.73. The summed E-state index contributed by atoms with van der Waals surface area (Å²) in [5.74, 6) is 3.16. The summed E-state index contributed by atoms with van der Waals surface area (Å²) < 4.78 is 16.4. The number of aromatic nitrogens is 3. The van der Waals surface area contributed by atoms with E-state index in [9.17, 15) is 0 Å². The summed E-state index contributed by atoms with van der Waals surface area (Å²) in [6.07, 6.45) is 5.82. The van der Waals surface area contributed by atoms with Gasteiger partial charge in [0, 0.05) is 18.3 Å². The number of nitrogens with zero attached hydrogens (tertiary/aromatic N) is 3. The lowest BCUT2D eigenvalue weighted by Gasteiger charge is -2.27. The fraction of sp³-hybridized carbons (Fsp3) is 0.118. The van der Waals surface area contributed by atoms with Crippen molar-refractivity contribution >= 4 is 23.4 Å². The van der Waals surface area contributed by atoms with Crippen LogP contribution in [-0.2, 0) is 14.1 Å². The van der Waals surface area contributed by atoms with E-state index in [4.69, 9.17) is 9.47 Å². The molecule has 0 aliphatic carbocycles. The zero-order chi connectivity index (χ0) is 15.6. The minimum Gasteiger partial charge on any atom is -0.452 e. The van der Waals surface area contributed by atoms with E-state index in [0.29, 0.717) is 5.88 Å². The van der Waals surface area contributed by atoms with Crippen molar-refractivity contribution < 1.29 is 18.6 Å². The van der Waals surface area contributed by atoms with Gasteiger partial charge in [0.2, 0.25) is 5.88 Å². The van der Waals surface area contributed by atoms with E-state index in [1.807, 2.05) is 56.8 Å². The maximum absolute atomic E-state index is 6.11. The van der Waals surface area contributed by atoms with Crippen molar-refractivity contribution in [1.82, 2.24) is 4.98 Å². The molecule has 2 aliphatic rings. The quantitative estimate of drug-likeness (QED) is 0.285. The fourth-order valence-electron chi connectivity index (χ4n) is 3.56. The molecule has 0 aromatic carbocycles. The van der Waals surface area contributed by atoms with Gasteiger partial charge in [-0.3, -0.25) is 0 Å². The van der Waals surface area contributed by atoms with Crippen molar-refractivity contribution in [2.24, 2.45) is 14.1 Å². The van der Waals surface area contributed by atoms with Gasteiger partial charge >= 0.3 is 6.71 Å². The molecule has 0 amide bonds. The van der Waals surface area contributed by atoms with Crippen molar-refractivity contribution in [3.8, 4) is 23.1 Å². The average molecular weight is 303 g/mol. The number of hydrogen-bond donors (Lipinski definition) is 0. The van der Waals surface area contributed by atoms with Crippen molar-refractivity contribution in [3.63, 3.8) is 0 Å². The first-order valence-corrected chi connectivity index (χ1v) is 7.56. The highest BCUT2D eigenvalue weighted by atomic mass is 16.5. The minimum absolute atomic E-state index is 0.0404. The smallest absolute Gasteiger partial charge is 0.425 e. The van der Waals surface area contributed by atoms with E-state index in [-0.39, 0.29) is 6.71 Å². The number of hydrogen-bond acceptors (Lipinski definition) is 3. The van der Waals surface area contributed by atoms with Crippen molar-refractivity contribution in [3.05, 3.63) is 48.9 Å². The maximum Gasteiger partial charge on any atom is 0.425 e. The van der Waals surface area contributed by atoms with Crippen molar-refractivity contribution in [1.29, 1.82) is 0 Å². The standard InChI is InChI=1S/C17H14BN3O2/c1-20-9-3-5-12-15(20)18-14-11(22-12)7-8-19-17(14)23-13-6-4-10-21(2)16(13)18/h3-10H,1-2H3/q+2. The van der Waals surface area contributed by atoms with Crippen LogP contribution in [0.2, 0.25) is 0 Å². The van der Waals surface area contributed by atoms with Crippen LogP contribution >= 0.6 is 0 Å². The summed E-state index contributed by atoms with van der Waals surface area (Å²) >= 11 is 0. The van der Waals surface area contributed by atoms with E-state index in [0.717, 1.165) is 33.9 Å². The predicted octanol–water partition coefficient (Wildman–Crippen LogP) is -0.542. The number of fused-ring (bicyclic) bond motifs is 4. The first-order valence-electron chi connectivity index (χ1n) is 7.56. The molecule has 3 aromatic rings. The number of ether oxygens (including phenoxy) is 2. The van der Waals surface area contributed by atoms with Gasteiger partial charge in [-0.15, -0.1) is 0 Å². The summed E-state index contributed by atoms with van der Waals surface area (Å²) in [5.41, 5.74) is 3.22. The van der Waals surface area contributed by atoms with Crippen LogP contribution in [0.3, 0.4) is 0 Å². The first kappa shape index (κ1) is 12.6. The number of aryl methyl sites for hydroxylation is 2. The molecule has 5 heterocycles. The zero-order valence-corrected chi connectivity index (χ0v) is 12.9. The second-order valence-corrected chi connectivity index (χ2v) is 5.90. The third-order valence-corrected chi connectivity index (χ3v) is 4.56. The lowest BCUT2D eigenvalue weighted by atomic mass is 9.38. The molecule has 5 nitrogen and oxygen atoms in total. The van der Waals surface area contributed by atoms with Gasteiger partial charge in [-0.2, -0.15) is 0 Å². The van der Waals surface area contributed by atoms with Gasteiger partial charge in [0.15, 0.2) is 35.1 Å². The molecular formula is C17H14BN3O2+2. The van der Waals surface area contributed by atoms with E-state index >= 15 is 0 Å². The molecule has 0 atom stereocenters. The monoisotopic (exact) mass is 303 g/mol. The van der Waals surface area contributed by atoms with Crippen molar-refractivity contribution in [2.75, 3.05) is 0 Å². The Balaban J connectivity index is 1.91. The molecule has 0 bridgehead atoms.